The maximum absolute atomic E-state index is 11.5. The molecule has 4 nitrogen and oxygen atoms in total. The number of hydrogen-bond acceptors (Lipinski definition) is 4. The summed E-state index contributed by atoms with van der Waals surface area (Å²) in [6.07, 6.45) is 0. The Balaban J connectivity index is 2.24. The van der Waals surface area contributed by atoms with E-state index in [0.717, 1.165) is 0 Å². The van der Waals surface area contributed by atoms with Gasteiger partial charge in [0, 0.05) is 17.1 Å². The number of benzene rings is 2. The fourth-order valence-electron chi connectivity index (χ4n) is 2.20. The molecule has 2 N–H and O–H groups in total. The van der Waals surface area contributed by atoms with Crippen LogP contribution in [0.15, 0.2) is 42.5 Å². The lowest BCUT2D eigenvalue weighted by molar-refractivity contribution is 0.0715. The summed E-state index contributed by atoms with van der Waals surface area (Å²) in [5.74, 6) is -0.0841. The van der Waals surface area contributed by atoms with Crippen LogP contribution in [0.4, 0.5) is 5.69 Å². The number of nitriles is 1. The monoisotopic (exact) mass is 328 g/mol. The molecule has 0 aliphatic carbocycles. The number of carbonyl (C=O) groups is 1. The van der Waals surface area contributed by atoms with E-state index in [1.165, 1.54) is 6.92 Å². The number of nitrogens with zero attached hydrogens (tertiary/aromatic N) is 1. The first kappa shape index (κ1) is 17.0. The number of halogens is 1. The van der Waals surface area contributed by atoms with Gasteiger partial charge in [-0.25, -0.2) is 0 Å². The first-order valence-electron chi connectivity index (χ1n) is 7.11. The number of ketones is 1. The van der Waals surface area contributed by atoms with Gasteiger partial charge in [-0.2, -0.15) is 5.26 Å². The van der Waals surface area contributed by atoms with E-state index in [1.54, 1.807) is 49.4 Å². The zero-order chi connectivity index (χ0) is 17.0. The van der Waals surface area contributed by atoms with Crippen LogP contribution in [-0.2, 0) is 5.60 Å². The van der Waals surface area contributed by atoms with E-state index in [2.05, 4.69) is 11.4 Å². The summed E-state index contributed by atoms with van der Waals surface area (Å²) >= 11 is 5.96. The highest BCUT2D eigenvalue weighted by Gasteiger charge is 2.23. The van der Waals surface area contributed by atoms with E-state index in [-0.39, 0.29) is 12.3 Å². The smallest absolute Gasteiger partial charge is 0.159 e. The molecule has 2 rings (SSSR count). The predicted molar refractivity (Wildman–Crippen MR) is 90.7 cm³/mol. The van der Waals surface area contributed by atoms with Gasteiger partial charge < -0.3 is 10.4 Å². The molecule has 118 valence electrons. The first-order chi connectivity index (χ1) is 10.8. The highest BCUT2D eigenvalue weighted by atomic mass is 35.5. The molecule has 0 saturated heterocycles. The van der Waals surface area contributed by atoms with Gasteiger partial charge in [0.25, 0.3) is 0 Å². The maximum Gasteiger partial charge on any atom is 0.159 e. The summed E-state index contributed by atoms with van der Waals surface area (Å²) in [4.78, 5) is 11.5. The molecule has 0 radical (unpaired) electrons. The van der Waals surface area contributed by atoms with Crippen LogP contribution in [0.3, 0.4) is 0 Å². The van der Waals surface area contributed by atoms with Crippen LogP contribution in [0.5, 0.6) is 0 Å². The van der Waals surface area contributed by atoms with Crippen molar-refractivity contribution in [1.82, 2.24) is 0 Å². The Morgan fingerprint density at radius 1 is 1.35 bits per heavy atom. The van der Waals surface area contributed by atoms with Gasteiger partial charge in [-0.1, -0.05) is 23.7 Å². The van der Waals surface area contributed by atoms with Crippen LogP contribution in [0.25, 0.3) is 0 Å². The van der Waals surface area contributed by atoms with E-state index in [0.29, 0.717) is 27.4 Å². The molecule has 0 bridgehead atoms. The molecule has 5 heteroatoms. The van der Waals surface area contributed by atoms with Gasteiger partial charge in [0.1, 0.15) is 11.7 Å². The summed E-state index contributed by atoms with van der Waals surface area (Å²) < 4.78 is 0. The Kier molecular flexibility index (Phi) is 5.05. The molecule has 0 aliphatic heterocycles. The highest BCUT2D eigenvalue weighted by molar-refractivity contribution is 6.30. The second-order valence-corrected chi connectivity index (χ2v) is 6.00. The Morgan fingerprint density at radius 3 is 2.70 bits per heavy atom. The SMILES string of the molecule is CC(=O)c1ccc(C#N)c(NCC(C)(O)c2cccc(Cl)c2)c1. The van der Waals surface area contributed by atoms with Gasteiger partial charge in [-0.15, -0.1) is 0 Å². The van der Waals surface area contributed by atoms with Crippen molar-refractivity contribution < 1.29 is 9.90 Å². The van der Waals surface area contributed by atoms with Crippen LogP contribution in [0, 0.1) is 11.3 Å². The lowest BCUT2D eigenvalue weighted by Gasteiger charge is -2.25. The van der Waals surface area contributed by atoms with Crippen molar-refractivity contribution in [3.63, 3.8) is 0 Å². The second kappa shape index (κ2) is 6.82. The fourth-order valence-corrected chi connectivity index (χ4v) is 2.39. The largest absolute Gasteiger partial charge is 0.384 e. The van der Waals surface area contributed by atoms with Gasteiger partial charge in [-0.3, -0.25) is 4.79 Å². The average Bonchev–Trinajstić information content (AvgIpc) is 2.52. The maximum atomic E-state index is 11.5. The molecule has 2 aromatic rings. The summed E-state index contributed by atoms with van der Waals surface area (Å²) in [5, 5.41) is 23.4. The molecule has 0 amide bonds. The third-order valence-electron chi connectivity index (χ3n) is 3.62. The van der Waals surface area contributed by atoms with Gasteiger partial charge in [-0.05, 0) is 49.7 Å². The number of hydrogen-bond donors (Lipinski definition) is 2. The van der Waals surface area contributed by atoms with Crippen molar-refractivity contribution in [2.45, 2.75) is 19.4 Å². The lowest BCUT2D eigenvalue weighted by Crippen LogP contribution is -2.31. The second-order valence-electron chi connectivity index (χ2n) is 5.57. The molecule has 1 unspecified atom stereocenters. The topological polar surface area (TPSA) is 73.1 Å². The molecule has 0 aliphatic rings. The minimum Gasteiger partial charge on any atom is -0.384 e. The summed E-state index contributed by atoms with van der Waals surface area (Å²) in [6, 6.07) is 13.9. The van der Waals surface area contributed by atoms with Crippen molar-refractivity contribution in [3.05, 3.63) is 64.2 Å². The summed E-state index contributed by atoms with van der Waals surface area (Å²) in [5.41, 5.74) is 0.927. The number of rotatable bonds is 5. The Morgan fingerprint density at radius 2 is 2.09 bits per heavy atom. The van der Waals surface area contributed by atoms with Crippen molar-refractivity contribution >= 4 is 23.1 Å². The highest BCUT2D eigenvalue weighted by Crippen LogP contribution is 2.25. The molecule has 2 aromatic carbocycles. The number of carbonyl (C=O) groups excluding carboxylic acids is 1. The van der Waals surface area contributed by atoms with Crippen LogP contribution in [0.2, 0.25) is 5.02 Å². The van der Waals surface area contributed by atoms with Crippen LogP contribution < -0.4 is 5.32 Å². The number of Topliss-reactive ketones (excluding diaryl/α,β-unsaturated/α-hetero) is 1. The molecular formula is C18H17ClN2O2. The third kappa shape index (κ3) is 4.10. The summed E-state index contributed by atoms with van der Waals surface area (Å²) in [6.45, 7) is 3.29. The Bertz CT molecular complexity index is 779. The minimum absolute atomic E-state index is 0.0841. The van der Waals surface area contributed by atoms with Gasteiger partial charge in [0.2, 0.25) is 0 Å². The van der Waals surface area contributed by atoms with Crippen molar-refractivity contribution in [1.29, 1.82) is 5.26 Å². The zero-order valence-corrected chi connectivity index (χ0v) is 13.7. The normalized spacial score (nSPS) is 13.0. The standard InChI is InChI=1S/C18H17ClN2O2/c1-12(22)13-6-7-14(10-20)17(8-13)21-11-18(2,23)15-4-3-5-16(19)9-15/h3-9,21,23H,11H2,1-2H3. The number of aliphatic hydroxyl groups is 1. The lowest BCUT2D eigenvalue weighted by atomic mass is 9.95. The van der Waals surface area contributed by atoms with E-state index in [1.807, 2.05) is 0 Å². The molecule has 0 heterocycles. The van der Waals surface area contributed by atoms with Crippen molar-refractivity contribution in [2.75, 3.05) is 11.9 Å². The number of nitrogens with one attached hydrogen (secondary N) is 1. The minimum atomic E-state index is -1.18. The quantitative estimate of drug-likeness (QED) is 0.820. The van der Waals surface area contributed by atoms with Crippen LogP contribution in [0.1, 0.15) is 35.3 Å². The van der Waals surface area contributed by atoms with Gasteiger partial charge >= 0.3 is 0 Å². The van der Waals surface area contributed by atoms with E-state index in [4.69, 9.17) is 11.6 Å². The van der Waals surface area contributed by atoms with Crippen LogP contribution in [-0.4, -0.2) is 17.4 Å². The number of anilines is 1. The molecule has 0 fully saturated rings. The van der Waals surface area contributed by atoms with Crippen molar-refractivity contribution in [3.8, 4) is 6.07 Å². The van der Waals surface area contributed by atoms with Gasteiger partial charge in [0.05, 0.1) is 11.3 Å². The Hall–Kier alpha value is -2.35. The van der Waals surface area contributed by atoms with E-state index >= 15 is 0 Å². The fraction of sp³-hybridized carbons (Fsp3) is 0.222. The molecular weight excluding hydrogens is 312 g/mol. The molecule has 0 saturated carbocycles. The van der Waals surface area contributed by atoms with Gasteiger partial charge in [0.15, 0.2) is 5.78 Å². The zero-order valence-electron chi connectivity index (χ0n) is 12.9. The Labute approximate surface area is 140 Å². The van der Waals surface area contributed by atoms with E-state index in [9.17, 15) is 15.2 Å². The molecule has 23 heavy (non-hydrogen) atoms. The predicted octanol–water partition coefficient (Wildman–Crippen LogP) is 3.73. The third-order valence-corrected chi connectivity index (χ3v) is 3.85. The van der Waals surface area contributed by atoms with Crippen molar-refractivity contribution in [2.24, 2.45) is 0 Å². The molecule has 1 atom stereocenters. The van der Waals surface area contributed by atoms with Crippen LogP contribution >= 0.6 is 11.6 Å². The summed E-state index contributed by atoms with van der Waals surface area (Å²) in [7, 11) is 0. The molecule has 0 spiro atoms. The molecule has 0 aromatic heterocycles. The van der Waals surface area contributed by atoms with E-state index < -0.39 is 5.60 Å². The first-order valence-corrected chi connectivity index (χ1v) is 7.48. The average molecular weight is 329 g/mol.